The number of nitrogens with zero attached hydrogens (tertiary/aromatic N) is 4. The number of fused-ring (bicyclic) bond motifs is 1. The first-order valence-corrected chi connectivity index (χ1v) is 10.3. The molecule has 0 bridgehead atoms. The highest BCUT2D eigenvalue weighted by molar-refractivity contribution is 7.21. The van der Waals surface area contributed by atoms with Crippen LogP contribution in [0.4, 0.5) is 5.69 Å². The predicted octanol–water partition coefficient (Wildman–Crippen LogP) is 4.98. The van der Waals surface area contributed by atoms with E-state index in [-0.39, 0.29) is 5.91 Å². The van der Waals surface area contributed by atoms with Crippen LogP contribution in [-0.2, 0) is 0 Å². The highest BCUT2D eigenvalue weighted by Gasteiger charge is 2.24. The van der Waals surface area contributed by atoms with Crippen molar-refractivity contribution in [3.05, 3.63) is 47.0 Å². The molecule has 1 amide bonds. The fraction of sp³-hybridized carbons (Fsp3) is 0.318. The van der Waals surface area contributed by atoms with E-state index in [1.54, 1.807) is 6.34 Å². The van der Waals surface area contributed by atoms with Gasteiger partial charge in [-0.1, -0.05) is 30.3 Å². The zero-order valence-corrected chi connectivity index (χ0v) is 17.9. The Kier molecular flexibility index (Phi) is 6.09. The lowest BCUT2D eigenvalue weighted by molar-refractivity contribution is 0.0778. The van der Waals surface area contributed by atoms with E-state index in [0.29, 0.717) is 23.7 Å². The van der Waals surface area contributed by atoms with E-state index >= 15 is 0 Å². The van der Waals surface area contributed by atoms with E-state index < -0.39 is 0 Å². The summed E-state index contributed by atoms with van der Waals surface area (Å²) in [4.78, 5) is 27.8. The van der Waals surface area contributed by atoms with Crippen LogP contribution in [0.1, 0.15) is 29.2 Å². The minimum absolute atomic E-state index is 0.00979. The van der Waals surface area contributed by atoms with Gasteiger partial charge in [0, 0.05) is 38.3 Å². The van der Waals surface area contributed by atoms with Gasteiger partial charge in [0.05, 0.1) is 12.0 Å². The van der Waals surface area contributed by atoms with Gasteiger partial charge in [0.25, 0.3) is 5.91 Å². The Morgan fingerprint density at radius 2 is 1.86 bits per heavy atom. The van der Waals surface area contributed by atoms with E-state index in [2.05, 4.69) is 18.2 Å². The third-order valence-electron chi connectivity index (χ3n) is 4.51. The number of amides is 1. The molecule has 3 aromatic rings. The highest BCUT2D eigenvalue weighted by atomic mass is 32.1. The van der Waals surface area contributed by atoms with E-state index in [4.69, 9.17) is 9.98 Å². The standard InChI is InChI=1S/C22H26N4OS/c1-6-26(7-2)22(27)20-19(23-14-25(4)5)18-17(16-11-9-8-10-12-16)13-15(3)24-21(18)28-20/h8-14H,6-7H2,1-5H3. The fourth-order valence-electron chi connectivity index (χ4n) is 3.15. The Balaban J connectivity index is 2.33. The summed E-state index contributed by atoms with van der Waals surface area (Å²) in [5.41, 5.74) is 3.79. The molecule has 0 radical (unpaired) electrons. The largest absolute Gasteiger partial charge is 0.369 e. The number of hydrogen-bond donors (Lipinski definition) is 0. The molecule has 1 aromatic carbocycles. The number of carbonyl (C=O) groups is 1. The van der Waals surface area contributed by atoms with Gasteiger partial charge >= 0.3 is 0 Å². The summed E-state index contributed by atoms with van der Waals surface area (Å²) in [6, 6.07) is 12.3. The third kappa shape index (κ3) is 3.92. The molecule has 2 aromatic heterocycles. The summed E-state index contributed by atoms with van der Waals surface area (Å²) in [6.07, 6.45) is 1.75. The zero-order chi connectivity index (χ0) is 20.3. The van der Waals surface area contributed by atoms with Crippen molar-refractivity contribution in [2.45, 2.75) is 20.8 Å². The number of pyridine rings is 1. The van der Waals surface area contributed by atoms with Gasteiger partial charge in [-0.3, -0.25) is 4.79 Å². The summed E-state index contributed by atoms with van der Waals surface area (Å²) >= 11 is 1.43. The van der Waals surface area contributed by atoms with Crippen molar-refractivity contribution in [1.82, 2.24) is 14.8 Å². The Morgan fingerprint density at radius 1 is 1.18 bits per heavy atom. The Morgan fingerprint density at radius 3 is 2.46 bits per heavy atom. The summed E-state index contributed by atoms with van der Waals surface area (Å²) in [5.74, 6) is 0.00979. The molecule has 3 rings (SSSR count). The Bertz CT molecular complexity index is 1000. The molecule has 0 fully saturated rings. The number of hydrogen-bond acceptors (Lipinski definition) is 4. The van der Waals surface area contributed by atoms with Crippen molar-refractivity contribution < 1.29 is 4.79 Å². The second kappa shape index (κ2) is 8.52. The maximum atomic E-state index is 13.2. The second-order valence-corrected chi connectivity index (χ2v) is 7.82. The summed E-state index contributed by atoms with van der Waals surface area (Å²) < 4.78 is 0. The lowest BCUT2D eigenvalue weighted by Gasteiger charge is -2.18. The van der Waals surface area contributed by atoms with Crippen molar-refractivity contribution in [3.63, 3.8) is 0 Å². The van der Waals surface area contributed by atoms with Gasteiger partial charge in [0.2, 0.25) is 0 Å². The lowest BCUT2D eigenvalue weighted by Crippen LogP contribution is -2.29. The van der Waals surface area contributed by atoms with Gasteiger partial charge in [-0.2, -0.15) is 0 Å². The summed E-state index contributed by atoms with van der Waals surface area (Å²) in [6.45, 7) is 7.31. The van der Waals surface area contributed by atoms with Crippen LogP contribution in [0.2, 0.25) is 0 Å². The predicted molar refractivity (Wildman–Crippen MR) is 119 cm³/mol. The van der Waals surface area contributed by atoms with Crippen LogP contribution in [0.25, 0.3) is 21.3 Å². The topological polar surface area (TPSA) is 48.8 Å². The van der Waals surface area contributed by atoms with E-state index in [9.17, 15) is 4.79 Å². The van der Waals surface area contributed by atoms with Crippen LogP contribution >= 0.6 is 11.3 Å². The molecule has 2 heterocycles. The SMILES string of the molecule is CCN(CC)C(=O)c1sc2nc(C)cc(-c3ccccc3)c2c1N=CN(C)C. The van der Waals surface area contributed by atoms with E-state index in [1.165, 1.54) is 11.3 Å². The Labute approximate surface area is 170 Å². The molecule has 0 aliphatic rings. The maximum absolute atomic E-state index is 13.2. The molecule has 0 atom stereocenters. The van der Waals surface area contributed by atoms with Crippen LogP contribution in [0.3, 0.4) is 0 Å². The first-order chi connectivity index (χ1) is 13.5. The van der Waals surface area contributed by atoms with Crippen LogP contribution < -0.4 is 0 Å². The minimum Gasteiger partial charge on any atom is -0.369 e. The van der Waals surface area contributed by atoms with Crippen LogP contribution in [0.15, 0.2) is 41.4 Å². The van der Waals surface area contributed by atoms with E-state index in [0.717, 1.165) is 27.0 Å². The maximum Gasteiger partial charge on any atom is 0.266 e. The smallest absolute Gasteiger partial charge is 0.266 e. The number of aryl methyl sites for hydroxylation is 1. The van der Waals surface area contributed by atoms with Crippen LogP contribution in [-0.4, -0.2) is 54.2 Å². The van der Waals surface area contributed by atoms with Gasteiger partial charge in [-0.15, -0.1) is 11.3 Å². The molecule has 0 unspecified atom stereocenters. The average molecular weight is 395 g/mol. The van der Waals surface area contributed by atoms with Crippen LogP contribution in [0, 0.1) is 6.92 Å². The fourth-order valence-corrected chi connectivity index (χ4v) is 4.31. The van der Waals surface area contributed by atoms with Gasteiger partial charge in [-0.25, -0.2) is 9.98 Å². The second-order valence-electron chi connectivity index (χ2n) is 6.82. The van der Waals surface area contributed by atoms with Crippen molar-refractivity contribution >= 4 is 39.5 Å². The average Bonchev–Trinajstić information content (AvgIpc) is 3.05. The number of aliphatic imine (C=N–C) groups is 1. The zero-order valence-electron chi connectivity index (χ0n) is 17.1. The number of rotatable bonds is 6. The van der Waals surface area contributed by atoms with Gasteiger partial charge in [0.15, 0.2) is 0 Å². The molecule has 0 saturated heterocycles. The monoisotopic (exact) mass is 394 g/mol. The number of carbonyl (C=O) groups excluding carboxylic acids is 1. The van der Waals surface area contributed by atoms with Crippen molar-refractivity contribution in [2.75, 3.05) is 27.2 Å². The molecular formula is C22H26N4OS. The minimum atomic E-state index is 0.00979. The van der Waals surface area contributed by atoms with E-state index in [1.807, 2.05) is 62.9 Å². The molecule has 0 spiro atoms. The molecule has 0 aliphatic heterocycles. The first-order valence-electron chi connectivity index (χ1n) is 9.45. The molecule has 6 heteroatoms. The number of aromatic nitrogens is 1. The van der Waals surface area contributed by atoms with Gasteiger partial charge < -0.3 is 9.80 Å². The molecule has 0 N–H and O–H groups in total. The van der Waals surface area contributed by atoms with Crippen molar-refractivity contribution in [3.8, 4) is 11.1 Å². The first kappa shape index (κ1) is 20.0. The Hall–Kier alpha value is -2.73. The highest BCUT2D eigenvalue weighted by Crippen LogP contribution is 2.43. The third-order valence-corrected chi connectivity index (χ3v) is 5.57. The number of thiophene rings is 1. The quantitative estimate of drug-likeness (QED) is 0.438. The number of benzene rings is 1. The molecule has 146 valence electrons. The van der Waals surface area contributed by atoms with Gasteiger partial charge in [-0.05, 0) is 38.0 Å². The van der Waals surface area contributed by atoms with Crippen LogP contribution in [0.5, 0.6) is 0 Å². The van der Waals surface area contributed by atoms with Crippen molar-refractivity contribution in [2.24, 2.45) is 4.99 Å². The molecule has 28 heavy (non-hydrogen) atoms. The summed E-state index contributed by atoms with van der Waals surface area (Å²) in [5, 5.41) is 0.940. The normalized spacial score (nSPS) is 11.3. The molecule has 0 saturated carbocycles. The molecule has 0 aliphatic carbocycles. The molecule has 5 nitrogen and oxygen atoms in total. The summed E-state index contributed by atoms with van der Waals surface area (Å²) in [7, 11) is 3.84. The molecular weight excluding hydrogens is 368 g/mol. The van der Waals surface area contributed by atoms with Gasteiger partial charge in [0.1, 0.15) is 9.71 Å². The lowest BCUT2D eigenvalue weighted by atomic mass is 10.0. The van der Waals surface area contributed by atoms with Crippen molar-refractivity contribution in [1.29, 1.82) is 0 Å².